The maximum absolute atomic E-state index is 11.7. The minimum absolute atomic E-state index is 0.291. The zero-order chi connectivity index (χ0) is 16.4. The topological polar surface area (TPSA) is 62.8 Å². The lowest BCUT2D eigenvalue weighted by molar-refractivity contribution is 0.376. The van der Waals surface area contributed by atoms with E-state index < -0.39 is 5.43 Å². The normalized spacial score (nSPS) is 19.5. The van der Waals surface area contributed by atoms with Crippen molar-refractivity contribution in [3.05, 3.63) is 58.1 Å². The molecule has 1 aliphatic heterocycles. The highest BCUT2D eigenvalue weighted by atomic mass is 16.4. The van der Waals surface area contributed by atoms with Crippen molar-refractivity contribution in [1.29, 1.82) is 0 Å². The smallest absolute Gasteiger partial charge is 0.226 e. The van der Waals surface area contributed by atoms with Crippen LogP contribution >= 0.6 is 0 Å². The van der Waals surface area contributed by atoms with Gasteiger partial charge in [-0.15, -0.1) is 0 Å². The van der Waals surface area contributed by atoms with E-state index in [1.807, 2.05) is 18.2 Å². The van der Waals surface area contributed by atoms with E-state index in [2.05, 4.69) is 19.9 Å². The molecule has 0 spiro atoms. The van der Waals surface area contributed by atoms with Gasteiger partial charge in [-0.2, -0.15) is 0 Å². The van der Waals surface area contributed by atoms with Gasteiger partial charge in [-0.1, -0.05) is 38.5 Å². The first-order chi connectivity index (χ1) is 11.1. The van der Waals surface area contributed by atoms with Crippen molar-refractivity contribution >= 4 is 11.4 Å². The van der Waals surface area contributed by atoms with Gasteiger partial charge in [-0.05, 0) is 24.5 Å². The van der Waals surface area contributed by atoms with Gasteiger partial charge in [0.25, 0.3) is 0 Å². The van der Waals surface area contributed by atoms with Crippen LogP contribution in [0.4, 0.5) is 5.69 Å². The third kappa shape index (κ3) is 2.48. The summed E-state index contributed by atoms with van der Waals surface area (Å²) in [4.78, 5) is 16.5. The number of para-hydroxylation sites is 1. The number of aliphatic imine (C=N–C) groups is 1. The third-order valence-electron chi connectivity index (χ3n) is 4.71. The molecule has 1 aromatic heterocycles. The first-order valence-corrected chi connectivity index (χ1v) is 8.09. The molecule has 1 unspecified atom stereocenters. The summed E-state index contributed by atoms with van der Waals surface area (Å²) in [6.07, 6.45) is 4.51. The van der Waals surface area contributed by atoms with Crippen molar-refractivity contribution in [2.45, 2.75) is 44.9 Å². The summed E-state index contributed by atoms with van der Waals surface area (Å²) in [5.74, 6) is 0.0420. The van der Waals surface area contributed by atoms with Gasteiger partial charge in [0.1, 0.15) is 0 Å². The molecule has 0 fully saturated rings. The molecule has 0 amide bonds. The molecule has 4 heteroatoms. The Labute approximate surface area is 135 Å². The predicted octanol–water partition coefficient (Wildman–Crippen LogP) is 4.12. The second kappa shape index (κ2) is 6.03. The molecule has 0 saturated carbocycles. The lowest BCUT2D eigenvalue weighted by Gasteiger charge is -2.31. The Hall–Kier alpha value is -2.36. The molecule has 0 radical (unpaired) electrons. The maximum Gasteiger partial charge on any atom is 0.226 e. The lowest BCUT2D eigenvalue weighted by Crippen LogP contribution is -2.35. The molecule has 120 valence electrons. The van der Waals surface area contributed by atoms with Crippen LogP contribution < -0.4 is 5.43 Å². The maximum atomic E-state index is 11.7. The Bertz CT molecular complexity index is 806. The van der Waals surface area contributed by atoms with Crippen LogP contribution in [-0.2, 0) is 11.8 Å². The monoisotopic (exact) mass is 311 g/mol. The van der Waals surface area contributed by atoms with Crippen LogP contribution in [0.1, 0.15) is 44.4 Å². The average molecular weight is 311 g/mol. The first-order valence-electron chi connectivity index (χ1n) is 8.09. The van der Waals surface area contributed by atoms with Gasteiger partial charge in [-0.3, -0.25) is 9.79 Å². The number of hydrogen-bond donors (Lipinski definition) is 1. The zero-order valence-corrected chi connectivity index (χ0v) is 13.5. The van der Waals surface area contributed by atoms with Gasteiger partial charge in [0, 0.05) is 23.6 Å². The summed E-state index contributed by atoms with van der Waals surface area (Å²) in [7, 11) is 0. The molecule has 2 heterocycles. The standard InChI is InChI=1S/C19H21NO3/c1-3-7-17-19(4-2,13-8-5-6-9-14(13)20-17)12-16-18(22)15(21)10-11-23-16/h5-6,8-11,22H,3-4,7,12H2,1-2H3. The highest BCUT2D eigenvalue weighted by Gasteiger charge is 2.42. The Morgan fingerprint density at radius 1 is 1.22 bits per heavy atom. The SMILES string of the molecule is CCCC1=Nc2ccccc2C1(CC)Cc1occc(=O)c1O. The molecule has 1 N–H and O–H groups in total. The van der Waals surface area contributed by atoms with E-state index in [1.165, 1.54) is 12.3 Å². The molecule has 23 heavy (non-hydrogen) atoms. The van der Waals surface area contributed by atoms with Crippen LogP contribution in [0.5, 0.6) is 5.75 Å². The first kappa shape index (κ1) is 15.5. The number of aromatic hydroxyl groups is 1. The molecule has 1 aliphatic rings. The summed E-state index contributed by atoms with van der Waals surface area (Å²) in [5.41, 5.74) is 2.52. The van der Waals surface area contributed by atoms with Crippen molar-refractivity contribution in [1.82, 2.24) is 0 Å². The van der Waals surface area contributed by atoms with Crippen LogP contribution in [0.3, 0.4) is 0 Å². The second-order valence-corrected chi connectivity index (χ2v) is 5.99. The minimum atomic E-state index is -0.405. The molecule has 1 atom stereocenters. The van der Waals surface area contributed by atoms with E-state index in [0.717, 1.165) is 36.2 Å². The van der Waals surface area contributed by atoms with Crippen molar-refractivity contribution in [2.75, 3.05) is 0 Å². The molecule has 1 aromatic carbocycles. The van der Waals surface area contributed by atoms with E-state index in [-0.39, 0.29) is 11.2 Å². The van der Waals surface area contributed by atoms with E-state index in [9.17, 15) is 9.90 Å². The Kier molecular flexibility index (Phi) is 4.07. The molecule has 3 rings (SSSR count). The third-order valence-corrected chi connectivity index (χ3v) is 4.71. The number of fused-ring (bicyclic) bond motifs is 1. The highest BCUT2D eigenvalue weighted by Crippen LogP contribution is 2.46. The highest BCUT2D eigenvalue weighted by molar-refractivity contribution is 6.02. The van der Waals surface area contributed by atoms with Gasteiger partial charge in [0.15, 0.2) is 5.76 Å². The molecule has 2 aromatic rings. The fourth-order valence-corrected chi connectivity index (χ4v) is 3.48. The fourth-order valence-electron chi connectivity index (χ4n) is 3.48. The Morgan fingerprint density at radius 3 is 2.74 bits per heavy atom. The molecule has 0 aliphatic carbocycles. The van der Waals surface area contributed by atoms with Crippen molar-refractivity contribution < 1.29 is 9.52 Å². The van der Waals surface area contributed by atoms with Crippen LogP contribution in [0.15, 0.2) is 50.8 Å². The summed E-state index contributed by atoms with van der Waals surface area (Å²) in [6, 6.07) is 9.33. The summed E-state index contributed by atoms with van der Waals surface area (Å²) in [5, 5.41) is 10.1. The molecule has 4 nitrogen and oxygen atoms in total. The number of rotatable bonds is 5. The van der Waals surface area contributed by atoms with Gasteiger partial charge >= 0.3 is 0 Å². The second-order valence-electron chi connectivity index (χ2n) is 5.99. The quantitative estimate of drug-likeness (QED) is 0.903. The van der Waals surface area contributed by atoms with E-state index in [0.29, 0.717) is 12.2 Å². The van der Waals surface area contributed by atoms with Crippen molar-refractivity contribution in [2.24, 2.45) is 4.99 Å². The van der Waals surface area contributed by atoms with Crippen molar-refractivity contribution in [3.8, 4) is 5.75 Å². The Morgan fingerprint density at radius 2 is 2.00 bits per heavy atom. The zero-order valence-electron chi connectivity index (χ0n) is 13.5. The van der Waals surface area contributed by atoms with Gasteiger partial charge in [0.05, 0.1) is 12.0 Å². The van der Waals surface area contributed by atoms with Gasteiger partial charge in [-0.25, -0.2) is 0 Å². The van der Waals surface area contributed by atoms with Gasteiger partial charge < -0.3 is 9.52 Å². The summed E-state index contributed by atoms with van der Waals surface area (Å²) in [6.45, 7) is 4.25. The van der Waals surface area contributed by atoms with Crippen LogP contribution in [-0.4, -0.2) is 10.8 Å². The lowest BCUT2D eigenvalue weighted by atomic mass is 9.71. The number of nitrogens with zero attached hydrogens (tertiary/aromatic N) is 1. The summed E-state index contributed by atoms with van der Waals surface area (Å²) < 4.78 is 5.46. The van der Waals surface area contributed by atoms with Crippen LogP contribution in [0.25, 0.3) is 0 Å². The van der Waals surface area contributed by atoms with Crippen LogP contribution in [0.2, 0.25) is 0 Å². The van der Waals surface area contributed by atoms with E-state index >= 15 is 0 Å². The largest absolute Gasteiger partial charge is 0.502 e. The van der Waals surface area contributed by atoms with Crippen LogP contribution in [0, 0.1) is 0 Å². The Balaban J connectivity index is 2.13. The van der Waals surface area contributed by atoms with Gasteiger partial charge in [0.2, 0.25) is 11.2 Å². The van der Waals surface area contributed by atoms with Crippen molar-refractivity contribution in [3.63, 3.8) is 0 Å². The fraction of sp³-hybridized carbons (Fsp3) is 0.368. The predicted molar refractivity (Wildman–Crippen MR) is 90.8 cm³/mol. The average Bonchev–Trinajstić information content (AvgIpc) is 2.86. The minimum Gasteiger partial charge on any atom is -0.502 e. The van der Waals surface area contributed by atoms with E-state index in [1.54, 1.807) is 0 Å². The molecule has 0 bridgehead atoms. The number of benzene rings is 1. The van der Waals surface area contributed by atoms with E-state index in [4.69, 9.17) is 9.41 Å². The summed E-state index contributed by atoms with van der Waals surface area (Å²) >= 11 is 0. The molecular formula is C19H21NO3. The molecule has 0 saturated heterocycles. The number of hydrogen-bond acceptors (Lipinski definition) is 4. The molecular weight excluding hydrogens is 290 g/mol.